The highest BCUT2D eigenvalue weighted by atomic mass is 127. The Morgan fingerprint density at radius 3 is 2.61 bits per heavy atom. The highest BCUT2D eigenvalue weighted by molar-refractivity contribution is 14.1. The average Bonchev–Trinajstić information content (AvgIpc) is 3.12. The van der Waals surface area contributed by atoms with E-state index in [-0.39, 0.29) is 11.9 Å². The van der Waals surface area contributed by atoms with Crippen molar-refractivity contribution in [3.63, 3.8) is 0 Å². The van der Waals surface area contributed by atoms with Gasteiger partial charge in [-0.1, -0.05) is 42.5 Å². The Morgan fingerprint density at radius 1 is 1.13 bits per heavy atom. The van der Waals surface area contributed by atoms with E-state index in [9.17, 15) is 9.59 Å². The van der Waals surface area contributed by atoms with Crippen molar-refractivity contribution in [2.24, 2.45) is 0 Å². The fourth-order valence-electron chi connectivity index (χ4n) is 3.90. The van der Waals surface area contributed by atoms with Gasteiger partial charge in [0.25, 0.3) is 5.91 Å². The molecule has 1 unspecified atom stereocenters. The Hall–Kier alpha value is -2.23. The summed E-state index contributed by atoms with van der Waals surface area (Å²) in [6.07, 6.45) is 0.793. The minimum atomic E-state index is -0.357. The van der Waals surface area contributed by atoms with Crippen LogP contribution in [0.15, 0.2) is 54.6 Å². The van der Waals surface area contributed by atoms with E-state index < -0.39 is 0 Å². The van der Waals surface area contributed by atoms with Crippen molar-refractivity contribution in [2.45, 2.75) is 26.4 Å². The van der Waals surface area contributed by atoms with Gasteiger partial charge in [0.2, 0.25) is 0 Å². The predicted octanol–water partition coefficient (Wildman–Crippen LogP) is 3.92. The summed E-state index contributed by atoms with van der Waals surface area (Å²) in [7, 11) is 0. The first-order chi connectivity index (χ1) is 15.1. The van der Waals surface area contributed by atoms with Gasteiger partial charge in [-0.25, -0.2) is 4.79 Å². The largest absolute Gasteiger partial charge is 0.462 e. The molecule has 0 spiro atoms. The molecule has 2 aromatic carbocycles. The first-order valence-corrected chi connectivity index (χ1v) is 12.2. The molecule has 0 aliphatic carbocycles. The molecule has 1 atom stereocenters. The molecule has 2 N–H and O–H groups in total. The van der Waals surface area contributed by atoms with E-state index in [1.54, 1.807) is 13.0 Å². The van der Waals surface area contributed by atoms with Crippen LogP contribution in [-0.4, -0.2) is 25.0 Å². The molecule has 31 heavy (non-hydrogen) atoms. The number of carbonyl (C=O) groups excluding carboxylic acids is 2. The maximum Gasteiger partial charge on any atom is 0.341 e. The number of thiophene rings is 1. The van der Waals surface area contributed by atoms with Crippen LogP contribution in [0.3, 0.4) is 0 Å². The third-order valence-corrected chi connectivity index (χ3v) is 7.44. The summed E-state index contributed by atoms with van der Waals surface area (Å²) in [6, 6.07) is 17.9. The van der Waals surface area contributed by atoms with E-state index in [1.807, 2.05) is 24.3 Å². The predicted molar refractivity (Wildman–Crippen MR) is 131 cm³/mol. The van der Waals surface area contributed by atoms with Crippen molar-refractivity contribution in [1.82, 2.24) is 0 Å². The van der Waals surface area contributed by atoms with Gasteiger partial charge in [-0.2, -0.15) is 0 Å². The Bertz CT molecular complexity index is 1100. The Morgan fingerprint density at radius 2 is 1.87 bits per heavy atom. The molecule has 5 nitrogen and oxygen atoms in total. The first kappa shape index (κ1) is 22.0. The molecule has 0 saturated heterocycles. The summed E-state index contributed by atoms with van der Waals surface area (Å²) in [5.74, 6) is -0.563. The molecule has 0 fully saturated rings. The third-order valence-electron chi connectivity index (χ3n) is 5.35. The highest BCUT2D eigenvalue weighted by Gasteiger charge is 2.31. The van der Waals surface area contributed by atoms with Gasteiger partial charge < -0.3 is 15.0 Å². The highest BCUT2D eigenvalue weighted by Crippen LogP contribution is 2.36. The Kier molecular flexibility index (Phi) is 7.04. The number of nitrogens with one attached hydrogen (secondary N) is 2. The van der Waals surface area contributed by atoms with Gasteiger partial charge in [0.05, 0.1) is 29.2 Å². The summed E-state index contributed by atoms with van der Waals surface area (Å²) in [4.78, 5) is 28.3. The molecule has 1 aliphatic rings. The zero-order chi connectivity index (χ0) is 21.8. The lowest BCUT2D eigenvalue weighted by Gasteiger charge is -2.24. The summed E-state index contributed by atoms with van der Waals surface area (Å²) in [5, 5.41) is 3.59. The van der Waals surface area contributed by atoms with E-state index in [0.29, 0.717) is 22.7 Å². The first-order valence-electron chi connectivity index (χ1n) is 10.3. The number of amides is 1. The average molecular weight is 547 g/mol. The van der Waals surface area contributed by atoms with Gasteiger partial charge in [-0.15, -0.1) is 11.3 Å². The van der Waals surface area contributed by atoms with Crippen molar-refractivity contribution >= 4 is 50.8 Å². The zero-order valence-electron chi connectivity index (χ0n) is 17.2. The van der Waals surface area contributed by atoms with Crippen molar-refractivity contribution < 1.29 is 19.2 Å². The van der Waals surface area contributed by atoms with Gasteiger partial charge in [0, 0.05) is 15.6 Å². The molecule has 1 aromatic heterocycles. The van der Waals surface area contributed by atoms with Crippen molar-refractivity contribution in [1.29, 1.82) is 0 Å². The number of benzene rings is 2. The number of ether oxygens (including phenoxy) is 1. The standard InChI is InChI=1S/C24H23IN2O3S/c1-2-30-24(29)21-18-12-13-27(14-16-8-4-3-5-9-16)15-20(18)31-23(21)26-22(28)17-10-6-7-11-19(17)25/h3-11H,2,12-15H2,1H3,(H,26,28)/p+1. The normalized spacial score (nSPS) is 15.2. The molecule has 1 aliphatic heterocycles. The van der Waals surface area contributed by atoms with Crippen LogP contribution in [0.25, 0.3) is 0 Å². The molecule has 3 aromatic rings. The number of quaternary nitrogens is 1. The van der Waals surface area contributed by atoms with E-state index in [0.717, 1.165) is 40.1 Å². The Labute approximate surface area is 199 Å². The van der Waals surface area contributed by atoms with Crippen molar-refractivity contribution in [2.75, 3.05) is 18.5 Å². The molecule has 0 saturated carbocycles. The number of hydrogen-bond acceptors (Lipinski definition) is 4. The number of hydrogen-bond donors (Lipinski definition) is 2. The quantitative estimate of drug-likeness (QED) is 0.364. The van der Waals surface area contributed by atoms with Crippen LogP contribution in [0.2, 0.25) is 0 Å². The van der Waals surface area contributed by atoms with Crippen molar-refractivity contribution in [3.8, 4) is 0 Å². The summed E-state index contributed by atoms with van der Waals surface area (Å²) in [6.45, 7) is 4.82. The third kappa shape index (κ3) is 4.99. The number of carbonyl (C=O) groups is 2. The smallest absolute Gasteiger partial charge is 0.341 e. The topological polar surface area (TPSA) is 59.8 Å². The van der Waals surface area contributed by atoms with Crippen LogP contribution in [0.4, 0.5) is 5.00 Å². The molecular formula is C24H24IN2O3S+. The van der Waals surface area contributed by atoms with Gasteiger partial charge in [-0.05, 0) is 47.2 Å². The van der Waals surface area contributed by atoms with E-state index in [2.05, 4.69) is 52.2 Å². The van der Waals surface area contributed by atoms with Crippen LogP contribution in [0.1, 0.15) is 43.6 Å². The second kappa shape index (κ2) is 9.93. The maximum atomic E-state index is 12.9. The maximum absolute atomic E-state index is 12.9. The fourth-order valence-corrected chi connectivity index (χ4v) is 5.83. The number of esters is 1. The fraction of sp³-hybridized carbons (Fsp3) is 0.250. The Balaban J connectivity index is 1.61. The summed E-state index contributed by atoms with van der Waals surface area (Å²) < 4.78 is 6.21. The number of halogens is 1. The SMILES string of the molecule is CCOC(=O)c1c(NC(=O)c2ccccc2I)sc2c1CC[NH+](Cc1ccccc1)C2. The van der Waals surface area contributed by atoms with Crippen molar-refractivity contribution in [3.05, 3.63) is 85.3 Å². The molecule has 7 heteroatoms. The molecule has 4 rings (SSSR count). The second-order valence-electron chi connectivity index (χ2n) is 7.45. The van der Waals surface area contributed by atoms with Crippen LogP contribution in [0.5, 0.6) is 0 Å². The lowest BCUT2D eigenvalue weighted by molar-refractivity contribution is -0.929. The lowest BCUT2D eigenvalue weighted by Crippen LogP contribution is -3.10. The molecular weight excluding hydrogens is 523 g/mol. The zero-order valence-corrected chi connectivity index (χ0v) is 20.2. The number of fused-ring (bicyclic) bond motifs is 1. The van der Waals surface area contributed by atoms with Gasteiger partial charge in [-0.3, -0.25) is 4.79 Å². The van der Waals surface area contributed by atoms with Crippen LogP contribution in [-0.2, 0) is 24.2 Å². The van der Waals surface area contributed by atoms with E-state index >= 15 is 0 Å². The molecule has 0 radical (unpaired) electrons. The van der Waals surface area contributed by atoms with Crippen LogP contribution >= 0.6 is 33.9 Å². The molecule has 1 amide bonds. The molecule has 0 bridgehead atoms. The second-order valence-corrected chi connectivity index (χ2v) is 9.72. The minimum absolute atomic E-state index is 0.206. The van der Waals surface area contributed by atoms with Crippen LogP contribution < -0.4 is 10.2 Å². The minimum Gasteiger partial charge on any atom is -0.462 e. The summed E-state index contributed by atoms with van der Waals surface area (Å²) in [5.41, 5.74) is 3.45. The lowest BCUT2D eigenvalue weighted by atomic mass is 10.0. The van der Waals surface area contributed by atoms with Crippen LogP contribution in [0, 0.1) is 3.57 Å². The van der Waals surface area contributed by atoms with Gasteiger partial charge >= 0.3 is 5.97 Å². The number of anilines is 1. The number of rotatable bonds is 6. The van der Waals surface area contributed by atoms with Gasteiger partial charge in [0.15, 0.2) is 0 Å². The van der Waals surface area contributed by atoms with E-state index in [1.165, 1.54) is 21.8 Å². The summed E-state index contributed by atoms with van der Waals surface area (Å²) >= 11 is 3.65. The monoisotopic (exact) mass is 547 g/mol. The van der Waals surface area contributed by atoms with E-state index in [4.69, 9.17) is 4.74 Å². The molecule has 2 heterocycles. The van der Waals surface area contributed by atoms with Gasteiger partial charge in [0.1, 0.15) is 18.1 Å². The molecule has 160 valence electrons.